The van der Waals surface area contributed by atoms with Gasteiger partial charge in [0.15, 0.2) is 0 Å². The molecule has 0 aliphatic carbocycles. The van der Waals surface area contributed by atoms with Crippen LogP contribution in [0.5, 0.6) is 0 Å². The van der Waals surface area contributed by atoms with Gasteiger partial charge in [0, 0.05) is 7.11 Å². The first-order valence-electron chi connectivity index (χ1n) is 3.55. The SMILES string of the molecule is C=CCCC(COC)C(=O)O. The lowest BCUT2D eigenvalue weighted by atomic mass is 10.1. The molecule has 0 spiro atoms. The predicted octanol–water partition coefficient (Wildman–Crippen LogP) is 1.30. The fourth-order valence-corrected chi connectivity index (χ4v) is 0.798. The molecule has 0 amide bonds. The maximum absolute atomic E-state index is 10.5. The standard InChI is InChI=1S/C8H14O3/c1-3-4-5-7(6-11-2)8(9)10/h3,7H,1,4-6H2,2H3,(H,9,10). The number of aliphatic carboxylic acids is 1. The molecule has 3 nitrogen and oxygen atoms in total. The summed E-state index contributed by atoms with van der Waals surface area (Å²) >= 11 is 0. The molecule has 0 rings (SSSR count). The van der Waals surface area contributed by atoms with Crippen LogP contribution in [0, 0.1) is 5.92 Å². The van der Waals surface area contributed by atoms with Crippen molar-refractivity contribution in [2.45, 2.75) is 12.8 Å². The number of methoxy groups -OCH3 is 1. The van der Waals surface area contributed by atoms with Gasteiger partial charge in [-0.1, -0.05) is 6.08 Å². The molecule has 0 saturated carbocycles. The summed E-state index contributed by atoms with van der Waals surface area (Å²) in [5, 5.41) is 8.62. The Morgan fingerprint density at radius 2 is 2.45 bits per heavy atom. The fraction of sp³-hybridized carbons (Fsp3) is 0.625. The minimum atomic E-state index is -0.797. The zero-order valence-corrected chi connectivity index (χ0v) is 6.75. The van der Waals surface area contributed by atoms with Crippen molar-refractivity contribution in [3.63, 3.8) is 0 Å². The molecule has 3 heteroatoms. The number of allylic oxidation sites excluding steroid dienone is 1. The minimum Gasteiger partial charge on any atom is -0.481 e. The number of carboxylic acid groups (broad SMARTS) is 1. The van der Waals surface area contributed by atoms with E-state index in [1.807, 2.05) is 0 Å². The van der Waals surface area contributed by atoms with Crippen molar-refractivity contribution in [2.24, 2.45) is 5.92 Å². The first kappa shape index (κ1) is 10.2. The summed E-state index contributed by atoms with van der Waals surface area (Å²) in [4.78, 5) is 10.5. The highest BCUT2D eigenvalue weighted by atomic mass is 16.5. The van der Waals surface area contributed by atoms with Gasteiger partial charge in [-0.3, -0.25) is 4.79 Å². The lowest BCUT2D eigenvalue weighted by Gasteiger charge is -2.08. The van der Waals surface area contributed by atoms with Crippen LogP contribution >= 0.6 is 0 Å². The quantitative estimate of drug-likeness (QED) is 0.592. The molecule has 0 saturated heterocycles. The molecule has 11 heavy (non-hydrogen) atoms. The van der Waals surface area contributed by atoms with Crippen molar-refractivity contribution >= 4 is 5.97 Å². The van der Waals surface area contributed by atoms with E-state index in [0.717, 1.165) is 6.42 Å². The molecule has 1 N–H and O–H groups in total. The van der Waals surface area contributed by atoms with Gasteiger partial charge in [-0.15, -0.1) is 6.58 Å². The third kappa shape index (κ3) is 4.56. The van der Waals surface area contributed by atoms with Crippen LogP contribution in [0.15, 0.2) is 12.7 Å². The Bertz CT molecular complexity index is 131. The summed E-state index contributed by atoms with van der Waals surface area (Å²) in [6.45, 7) is 3.80. The van der Waals surface area contributed by atoms with Gasteiger partial charge >= 0.3 is 5.97 Å². The van der Waals surface area contributed by atoms with Crippen LogP contribution in [0.4, 0.5) is 0 Å². The summed E-state index contributed by atoms with van der Waals surface area (Å²) in [5.74, 6) is -1.19. The van der Waals surface area contributed by atoms with E-state index in [-0.39, 0.29) is 6.61 Å². The van der Waals surface area contributed by atoms with Gasteiger partial charge in [0.25, 0.3) is 0 Å². The number of hydrogen-bond acceptors (Lipinski definition) is 2. The average molecular weight is 158 g/mol. The molecule has 1 unspecified atom stereocenters. The molecular weight excluding hydrogens is 144 g/mol. The van der Waals surface area contributed by atoms with Crippen molar-refractivity contribution in [3.05, 3.63) is 12.7 Å². The summed E-state index contributed by atoms with van der Waals surface area (Å²) in [5.41, 5.74) is 0. The molecule has 64 valence electrons. The second kappa shape index (κ2) is 5.92. The van der Waals surface area contributed by atoms with Gasteiger partial charge in [-0.2, -0.15) is 0 Å². The van der Waals surface area contributed by atoms with Gasteiger partial charge in [-0.25, -0.2) is 0 Å². The van der Waals surface area contributed by atoms with Crippen molar-refractivity contribution in [2.75, 3.05) is 13.7 Å². The van der Waals surface area contributed by atoms with E-state index in [0.29, 0.717) is 6.42 Å². The van der Waals surface area contributed by atoms with Crippen LogP contribution in [0.1, 0.15) is 12.8 Å². The first-order valence-corrected chi connectivity index (χ1v) is 3.55. The van der Waals surface area contributed by atoms with Crippen LogP contribution in [0.2, 0.25) is 0 Å². The van der Waals surface area contributed by atoms with Crippen molar-refractivity contribution in [1.29, 1.82) is 0 Å². The molecule has 0 aliphatic rings. The van der Waals surface area contributed by atoms with E-state index in [9.17, 15) is 4.79 Å². The highest BCUT2D eigenvalue weighted by molar-refractivity contribution is 5.70. The smallest absolute Gasteiger partial charge is 0.308 e. The van der Waals surface area contributed by atoms with Gasteiger partial charge < -0.3 is 9.84 Å². The highest BCUT2D eigenvalue weighted by Gasteiger charge is 2.15. The second-order valence-electron chi connectivity index (χ2n) is 2.36. The summed E-state index contributed by atoms with van der Waals surface area (Å²) in [6, 6.07) is 0. The van der Waals surface area contributed by atoms with E-state index < -0.39 is 11.9 Å². The first-order chi connectivity index (χ1) is 5.22. The Morgan fingerprint density at radius 3 is 2.82 bits per heavy atom. The molecule has 0 aromatic carbocycles. The van der Waals surface area contributed by atoms with Crippen LogP contribution in [0.3, 0.4) is 0 Å². The van der Waals surface area contributed by atoms with Gasteiger partial charge in [0.2, 0.25) is 0 Å². The van der Waals surface area contributed by atoms with Crippen molar-refractivity contribution in [1.82, 2.24) is 0 Å². The largest absolute Gasteiger partial charge is 0.481 e. The predicted molar refractivity (Wildman–Crippen MR) is 42.4 cm³/mol. The summed E-state index contributed by atoms with van der Waals surface area (Å²) in [6.07, 6.45) is 3.04. The molecule has 0 bridgehead atoms. The van der Waals surface area contributed by atoms with E-state index in [1.165, 1.54) is 7.11 Å². The van der Waals surface area contributed by atoms with Gasteiger partial charge in [0.05, 0.1) is 12.5 Å². The molecular formula is C8H14O3. The number of hydrogen-bond donors (Lipinski definition) is 1. The zero-order valence-electron chi connectivity index (χ0n) is 6.75. The Labute approximate surface area is 66.7 Å². The molecule has 0 radical (unpaired) electrons. The summed E-state index contributed by atoms with van der Waals surface area (Å²) in [7, 11) is 1.50. The third-order valence-electron chi connectivity index (χ3n) is 1.44. The maximum Gasteiger partial charge on any atom is 0.308 e. The number of ether oxygens (including phenoxy) is 1. The Kier molecular flexibility index (Phi) is 5.47. The molecule has 0 aromatic rings. The van der Waals surface area contributed by atoms with E-state index in [1.54, 1.807) is 6.08 Å². The lowest BCUT2D eigenvalue weighted by molar-refractivity contribution is -0.143. The normalized spacial score (nSPS) is 12.5. The second-order valence-corrected chi connectivity index (χ2v) is 2.36. The zero-order chi connectivity index (χ0) is 8.69. The van der Waals surface area contributed by atoms with E-state index >= 15 is 0 Å². The molecule has 0 fully saturated rings. The van der Waals surface area contributed by atoms with Crippen LogP contribution in [-0.2, 0) is 9.53 Å². The van der Waals surface area contributed by atoms with Crippen molar-refractivity contribution < 1.29 is 14.6 Å². The molecule has 0 aromatic heterocycles. The van der Waals surface area contributed by atoms with E-state index in [4.69, 9.17) is 9.84 Å². The monoisotopic (exact) mass is 158 g/mol. The maximum atomic E-state index is 10.5. The number of carbonyl (C=O) groups is 1. The number of rotatable bonds is 6. The number of carboxylic acids is 1. The molecule has 1 atom stereocenters. The average Bonchev–Trinajstić information content (AvgIpc) is 1.97. The van der Waals surface area contributed by atoms with E-state index in [2.05, 4.69) is 6.58 Å². The van der Waals surface area contributed by atoms with Crippen LogP contribution in [0.25, 0.3) is 0 Å². The van der Waals surface area contributed by atoms with Gasteiger partial charge in [-0.05, 0) is 12.8 Å². The Morgan fingerprint density at radius 1 is 1.82 bits per heavy atom. The topological polar surface area (TPSA) is 46.5 Å². The molecule has 0 aliphatic heterocycles. The fourth-order valence-electron chi connectivity index (χ4n) is 0.798. The Hall–Kier alpha value is -0.830. The summed E-state index contributed by atoms with van der Waals surface area (Å²) < 4.78 is 4.75. The third-order valence-corrected chi connectivity index (χ3v) is 1.44. The van der Waals surface area contributed by atoms with Crippen LogP contribution in [-0.4, -0.2) is 24.8 Å². The van der Waals surface area contributed by atoms with Crippen molar-refractivity contribution in [3.8, 4) is 0 Å². The molecule has 0 heterocycles. The lowest BCUT2D eigenvalue weighted by Crippen LogP contribution is -2.18. The van der Waals surface area contributed by atoms with Crippen LogP contribution < -0.4 is 0 Å². The highest BCUT2D eigenvalue weighted by Crippen LogP contribution is 2.07. The van der Waals surface area contributed by atoms with Gasteiger partial charge in [0.1, 0.15) is 0 Å². The minimum absolute atomic E-state index is 0.281. The Balaban J connectivity index is 3.68.